The van der Waals surface area contributed by atoms with Gasteiger partial charge in [-0.3, -0.25) is 9.59 Å². The van der Waals surface area contributed by atoms with Crippen molar-refractivity contribution in [1.82, 2.24) is 9.88 Å². The van der Waals surface area contributed by atoms with Crippen molar-refractivity contribution in [1.29, 1.82) is 0 Å². The van der Waals surface area contributed by atoms with Crippen molar-refractivity contribution in [2.75, 3.05) is 5.32 Å². The lowest BCUT2D eigenvalue weighted by Crippen LogP contribution is -2.55. The van der Waals surface area contributed by atoms with Crippen LogP contribution in [-0.2, 0) is 16.1 Å². The van der Waals surface area contributed by atoms with Crippen LogP contribution in [0.5, 0.6) is 0 Å². The summed E-state index contributed by atoms with van der Waals surface area (Å²) in [5.41, 5.74) is 7.08. The molecule has 2 fully saturated rings. The number of rotatable bonds is 7. The maximum absolute atomic E-state index is 14.0. The summed E-state index contributed by atoms with van der Waals surface area (Å²) in [4.78, 5) is 38.5. The molecule has 46 heavy (non-hydrogen) atoms. The summed E-state index contributed by atoms with van der Waals surface area (Å²) in [6.45, 7) is 0.732. The van der Waals surface area contributed by atoms with Gasteiger partial charge in [0.2, 0.25) is 5.91 Å². The maximum Gasteiger partial charge on any atom is 0.328 e. The highest BCUT2D eigenvalue weighted by Gasteiger charge is 2.43. The number of anilines is 1. The minimum Gasteiger partial charge on any atom is -0.478 e. The molecule has 7 rings (SSSR count). The predicted octanol–water partition coefficient (Wildman–Crippen LogP) is 8.16. The largest absolute Gasteiger partial charge is 0.478 e. The fourth-order valence-electron chi connectivity index (χ4n) is 7.72. The summed E-state index contributed by atoms with van der Waals surface area (Å²) in [7, 11) is 0. The van der Waals surface area contributed by atoms with Crippen molar-refractivity contribution in [3.63, 3.8) is 0 Å². The number of fused-ring (bicyclic) bond motifs is 5. The summed E-state index contributed by atoms with van der Waals surface area (Å²) in [6.07, 6.45) is 16.0. The third kappa shape index (κ3) is 5.66. The molecule has 2 heterocycles. The van der Waals surface area contributed by atoms with E-state index in [0.717, 1.165) is 31.0 Å². The molecule has 234 valence electrons. The number of aromatic nitrogens is 1. The summed E-state index contributed by atoms with van der Waals surface area (Å²) in [6, 6.07) is 21.7. The van der Waals surface area contributed by atoms with Crippen LogP contribution in [0.2, 0.25) is 0 Å². The number of nitrogens with zero attached hydrogens (tertiary/aromatic N) is 1. The number of hydrogen-bond acceptors (Lipinski definition) is 3. The molecular formula is C39H39N3O4. The summed E-state index contributed by atoms with van der Waals surface area (Å²) in [5, 5.41) is 16.3. The molecule has 0 atom stereocenters. The van der Waals surface area contributed by atoms with E-state index in [2.05, 4.69) is 57.7 Å². The molecule has 0 saturated heterocycles. The van der Waals surface area contributed by atoms with Crippen LogP contribution in [0.1, 0.15) is 90.8 Å². The van der Waals surface area contributed by atoms with E-state index >= 15 is 0 Å². The van der Waals surface area contributed by atoms with E-state index in [1.807, 2.05) is 12.1 Å². The van der Waals surface area contributed by atoms with E-state index in [-0.39, 0.29) is 11.8 Å². The zero-order valence-electron chi connectivity index (χ0n) is 25.9. The van der Waals surface area contributed by atoms with Gasteiger partial charge in [0, 0.05) is 40.3 Å². The first-order valence-corrected chi connectivity index (χ1v) is 16.5. The molecule has 0 bridgehead atoms. The molecule has 3 N–H and O–H groups in total. The number of nitrogens with one attached hydrogen (secondary N) is 2. The Hall–Kier alpha value is -4.91. The predicted molar refractivity (Wildman–Crippen MR) is 183 cm³/mol. The molecule has 2 amide bonds. The molecule has 3 aliphatic rings. The average Bonchev–Trinajstić information content (AvgIpc) is 3.62. The van der Waals surface area contributed by atoms with Gasteiger partial charge < -0.3 is 20.3 Å². The molecular weight excluding hydrogens is 574 g/mol. The number of aliphatic carboxylic acids is 1. The van der Waals surface area contributed by atoms with Crippen LogP contribution in [0.4, 0.5) is 5.69 Å². The van der Waals surface area contributed by atoms with Gasteiger partial charge in [0.05, 0.1) is 5.69 Å². The molecule has 7 heteroatoms. The topological polar surface area (TPSA) is 100 Å². The van der Waals surface area contributed by atoms with Crippen LogP contribution < -0.4 is 10.6 Å². The molecule has 1 aromatic heterocycles. The van der Waals surface area contributed by atoms with Crippen LogP contribution in [0.25, 0.3) is 34.3 Å². The van der Waals surface area contributed by atoms with Gasteiger partial charge in [-0.05, 0) is 78.6 Å². The van der Waals surface area contributed by atoms with Crippen molar-refractivity contribution >= 4 is 46.5 Å². The van der Waals surface area contributed by atoms with Gasteiger partial charge in [0.25, 0.3) is 5.91 Å². The van der Waals surface area contributed by atoms with Crippen molar-refractivity contribution in [2.45, 2.75) is 75.8 Å². The monoisotopic (exact) mass is 613 g/mol. The first-order valence-electron chi connectivity index (χ1n) is 16.5. The Kier molecular flexibility index (Phi) is 8.07. The number of carboxylic acid groups (broad SMARTS) is 1. The molecule has 2 saturated carbocycles. The van der Waals surface area contributed by atoms with Crippen molar-refractivity contribution in [2.24, 2.45) is 0 Å². The Morgan fingerprint density at radius 1 is 0.891 bits per heavy atom. The highest BCUT2D eigenvalue weighted by atomic mass is 16.4. The Bertz CT molecular complexity index is 1870. The summed E-state index contributed by atoms with van der Waals surface area (Å²) < 4.78 is 2.38. The van der Waals surface area contributed by atoms with E-state index in [0.29, 0.717) is 35.6 Å². The number of carbonyl (C=O) groups is 3. The van der Waals surface area contributed by atoms with Crippen molar-refractivity contribution in [3.8, 4) is 11.3 Å². The normalized spacial score (nSPS) is 17.4. The molecule has 0 radical (unpaired) electrons. The fraction of sp³-hybridized carbons (Fsp3) is 0.308. The van der Waals surface area contributed by atoms with E-state index in [1.165, 1.54) is 66.0 Å². The zero-order chi connectivity index (χ0) is 31.7. The Labute approximate surface area is 269 Å². The van der Waals surface area contributed by atoms with Crippen LogP contribution in [-0.4, -0.2) is 33.0 Å². The lowest BCUT2D eigenvalue weighted by atomic mass is 9.81. The minimum absolute atomic E-state index is 0.230. The van der Waals surface area contributed by atoms with Crippen LogP contribution in [0.15, 0.2) is 78.9 Å². The Morgan fingerprint density at radius 3 is 2.41 bits per heavy atom. The van der Waals surface area contributed by atoms with Gasteiger partial charge in [-0.15, -0.1) is 0 Å². The number of carbonyl (C=O) groups excluding carboxylic acids is 2. The molecule has 2 aliphatic carbocycles. The van der Waals surface area contributed by atoms with Gasteiger partial charge in [-0.25, -0.2) is 4.79 Å². The minimum atomic E-state index is -1.02. The molecule has 1 aliphatic heterocycles. The van der Waals surface area contributed by atoms with Gasteiger partial charge in [0.1, 0.15) is 5.54 Å². The quantitative estimate of drug-likeness (QED) is 0.183. The third-order valence-corrected chi connectivity index (χ3v) is 10.0. The Balaban J connectivity index is 1.20. The van der Waals surface area contributed by atoms with Crippen LogP contribution in [0.3, 0.4) is 0 Å². The number of carboxylic acids is 1. The first-order chi connectivity index (χ1) is 22.4. The van der Waals surface area contributed by atoms with Gasteiger partial charge >= 0.3 is 5.97 Å². The van der Waals surface area contributed by atoms with E-state index in [4.69, 9.17) is 5.11 Å². The molecule has 7 nitrogen and oxygen atoms in total. The molecule has 3 aromatic carbocycles. The zero-order valence-corrected chi connectivity index (χ0v) is 25.9. The number of hydrogen-bond donors (Lipinski definition) is 3. The number of amides is 2. The smallest absolute Gasteiger partial charge is 0.328 e. The molecule has 0 spiro atoms. The second-order valence-corrected chi connectivity index (χ2v) is 12.9. The second-order valence-electron chi connectivity index (χ2n) is 12.9. The van der Waals surface area contributed by atoms with Crippen LogP contribution in [0, 0.1) is 0 Å². The third-order valence-electron chi connectivity index (χ3n) is 10.0. The average molecular weight is 614 g/mol. The van der Waals surface area contributed by atoms with E-state index < -0.39 is 11.5 Å². The lowest BCUT2D eigenvalue weighted by molar-refractivity contribution is -0.131. The lowest BCUT2D eigenvalue weighted by Gasteiger charge is -2.29. The highest BCUT2D eigenvalue weighted by molar-refractivity contribution is 6.06. The fourth-order valence-corrected chi connectivity index (χ4v) is 7.72. The van der Waals surface area contributed by atoms with Gasteiger partial charge in [-0.1, -0.05) is 86.7 Å². The first kappa shape index (κ1) is 29.8. The second kappa shape index (κ2) is 12.5. The standard InChI is InChI=1S/C39H39N3O4/c43-34(44)21-16-26-14-18-30(19-15-26)40-38(46)39(22-6-7-23-39)41-37(45)29-17-20-32-33(25-29)42-24-8-12-27-9-4-5-13-31(27)36(42)35(32)28-10-2-1-3-11-28/h4-5,8-9,12-21,25,28H,1-3,6-7,10-11,22-24H2,(H,40,46)(H,41,45)(H,43,44)/b21-16+. The number of allylic oxidation sites excluding steroid dienone is 1. The van der Waals surface area contributed by atoms with E-state index in [1.54, 1.807) is 24.3 Å². The summed E-state index contributed by atoms with van der Waals surface area (Å²) >= 11 is 0. The van der Waals surface area contributed by atoms with Crippen molar-refractivity contribution in [3.05, 3.63) is 101 Å². The SMILES string of the molecule is O=C(O)/C=C/c1ccc(NC(=O)C2(NC(=O)c3ccc4c(C5CCCCC5)c5n(c4c3)CC=Cc3ccccc3-5)CCCC2)cc1. The van der Waals surface area contributed by atoms with Crippen LogP contribution >= 0.6 is 0 Å². The van der Waals surface area contributed by atoms with E-state index in [9.17, 15) is 14.4 Å². The molecule has 4 aromatic rings. The number of benzene rings is 3. The molecule has 0 unspecified atom stereocenters. The maximum atomic E-state index is 14.0. The Morgan fingerprint density at radius 2 is 1.65 bits per heavy atom. The van der Waals surface area contributed by atoms with Gasteiger partial charge in [-0.2, -0.15) is 0 Å². The highest BCUT2D eigenvalue weighted by Crippen LogP contribution is 2.46. The summed E-state index contributed by atoms with van der Waals surface area (Å²) in [5.74, 6) is -1.00. The van der Waals surface area contributed by atoms with Crippen molar-refractivity contribution < 1.29 is 19.5 Å². The van der Waals surface area contributed by atoms with Gasteiger partial charge in [0.15, 0.2) is 0 Å².